The fraction of sp³-hybridized carbons (Fsp3) is 0.400. The zero-order valence-corrected chi connectivity index (χ0v) is 19.9. The topological polar surface area (TPSA) is 46.9 Å². The maximum atomic E-state index is 10.3. The Morgan fingerprint density at radius 3 is 2.12 bits per heavy atom. The van der Waals surface area contributed by atoms with Crippen molar-refractivity contribution in [3.63, 3.8) is 0 Å². The highest BCUT2D eigenvalue weighted by Crippen LogP contribution is 2.42. The minimum atomic E-state index is 0.0989. The van der Waals surface area contributed by atoms with Gasteiger partial charge in [0.25, 0.3) is 0 Å². The summed E-state index contributed by atoms with van der Waals surface area (Å²) >= 11 is 0. The molecule has 1 saturated heterocycles. The van der Waals surface area contributed by atoms with Gasteiger partial charge in [-0.25, -0.2) is 0 Å². The molecule has 0 spiro atoms. The molecule has 0 amide bonds. The van der Waals surface area contributed by atoms with Crippen molar-refractivity contribution in [2.24, 2.45) is 0 Å². The van der Waals surface area contributed by atoms with E-state index >= 15 is 0 Å². The number of benzene rings is 3. The maximum absolute atomic E-state index is 10.3. The predicted octanol–water partition coefficient (Wildman–Crippen LogP) is 5.36. The molecule has 1 aliphatic heterocycles. The average molecular weight is 457 g/mol. The molecule has 0 bridgehead atoms. The molecule has 1 heterocycles. The smallest absolute Gasteiger partial charge is 0.115 e. The normalized spacial score (nSPS) is 18.6. The highest BCUT2D eigenvalue weighted by Gasteiger charge is 2.31. The number of piperazine rings is 1. The number of anilines is 1. The van der Waals surface area contributed by atoms with Crippen LogP contribution >= 0.6 is 0 Å². The summed E-state index contributed by atoms with van der Waals surface area (Å²) in [5, 5.41) is 19.9. The molecule has 2 N–H and O–H groups in total. The van der Waals surface area contributed by atoms with Crippen molar-refractivity contribution in [1.82, 2.24) is 4.90 Å². The molecule has 4 nitrogen and oxygen atoms in total. The highest BCUT2D eigenvalue weighted by atomic mass is 16.3. The van der Waals surface area contributed by atoms with E-state index in [1.807, 2.05) is 18.2 Å². The Labute approximate surface area is 203 Å². The molecular formula is C30H36N2O2. The summed E-state index contributed by atoms with van der Waals surface area (Å²) < 4.78 is 0. The first-order chi connectivity index (χ1) is 16.7. The molecule has 3 aromatic carbocycles. The Morgan fingerprint density at radius 1 is 0.765 bits per heavy atom. The summed E-state index contributed by atoms with van der Waals surface area (Å²) in [6.07, 6.45) is 4.39. The molecule has 3 aromatic rings. The van der Waals surface area contributed by atoms with E-state index in [1.165, 1.54) is 29.7 Å². The van der Waals surface area contributed by atoms with Crippen molar-refractivity contribution in [2.45, 2.75) is 43.6 Å². The van der Waals surface area contributed by atoms with Crippen LogP contribution in [0.4, 0.5) is 5.69 Å². The summed E-state index contributed by atoms with van der Waals surface area (Å²) in [4.78, 5) is 5.15. The van der Waals surface area contributed by atoms with E-state index in [4.69, 9.17) is 0 Å². The molecule has 1 aliphatic carbocycles. The lowest BCUT2D eigenvalue weighted by atomic mass is 9.75. The number of aliphatic hydroxyl groups excluding tert-OH is 1. The van der Waals surface area contributed by atoms with Gasteiger partial charge in [-0.1, -0.05) is 54.6 Å². The molecule has 2 aliphatic rings. The lowest BCUT2D eigenvalue weighted by Gasteiger charge is -2.36. The molecule has 5 rings (SSSR count). The molecule has 2 fully saturated rings. The van der Waals surface area contributed by atoms with E-state index < -0.39 is 0 Å². The van der Waals surface area contributed by atoms with Gasteiger partial charge in [-0.2, -0.15) is 0 Å². The van der Waals surface area contributed by atoms with E-state index in [0.717, 1.165) is 50.6 Å². The van der Waals surface area contributed by atoms with Crippen LogP contribution in [0.15, 0.2) is 78.9 Å². The van der Waals surface area contributed by atoms with Gasteiger partial charge in [-0.3, -0.25) is 4.90 Å². The van der Waals surface area contributed by atoms with Crippen LogP contribution in [0.3, 0.4) is 0 Å². The number of hydrogen-bond acceptors (Lipinski definition) is 4. The Morgan fingerprint density at radius 2 is 1.47 bits per heavy atom. The number of rotatable bonds is 9. The van der Waals surface area contributed by atoms with Crippen LogP contribution in [0.25, 0.3) is 0 Å². The molecule has 34 heavy (non-hydrogen) atoms. The van der Waals surface area contributed by atoms with E-state index in [-0.39, 0.29) is 18.4 Å². The number of hydrogen-bond donors (Lipinski definition) is 2. The van der Waals surface area contributed by atoms with Gasteiger partial charge in [0.15, 0.2) is 0 Å². The lowest BCUT2D eigenvalue weighted by molar-refractivity contribution is 0.248. The Bertz CT molecular complexity index is 1040. The number of phenols is 1. The van der Waals surface area contributed by atoms with Gasteiger partial charge >= 0.3 is 0 Å². The van der Waals surface area contributed by atoms with Gasteiger partial charge < -0.3 is 15.1 Å². The summed E-state index contributed by atoms with van der Waals surface area (Å²) in [6, 6.07) is 28.2. The van der Waals surface area contributed by atoms with Crippen molar-refractivity contribution in [3.05, 3.63) is 95.6 Å². The first kappa shape index (κ1) is 22.9. The first-order valence-corrected chi connectivity index (χ1v) is 12.8. The van der Waals surface area contributed by atoms with Crippen molar-refractivity contribution in [2.75, 3.05) is 37.7 Å². The van der Waals surface area contributed by atoms with Gasteiger partial charge in [-0.05, 0) is 72.6 Å². The second-order valence-corrected chi connectivity index (χ2v) is 9.80. The summed E-state index contributed by atoms with van der Waals surface area (Å²) in [7, 11) is 0. The number of nitrogens with zero attached hydrogens (tertiary/aromatic N) is 2. The standard InChI is InChI=1S/C30H36N2O2/c33-21-5-10-29(23-6-2-1-3-7-23)30(25-8-4-9-28(34)22-25)24-11-13-26(14-12-24)31-17-19-32(20-18-31)27-15-16-27/h1-4,6-9,11-14,22,27,29-30,33-34H,5,10,15-21H2/t29-,30?/m0/s1. The van der Waals surface area contributed by atoms with Gasteiger partial charge in [0, 0.05) is 50.4 Å². The molecule has 178 valence electrons. The van der Waals surface area contributed by atoms with Crippen molar-refractivity contribution < 1.29 is 10.2 Å². The Hall–Kier alpha value is -2.82. The highest BCUT2D eigenvalue weighted by molar-refractivity contribution is 5.51. The Kier molecular flexibility index (Phi) is 7.17. The van der Waals surface area contributed by atoms with Gasteiger partial charge in [0.05, 0.1) is 0 Å². The van der Waals surface area contributed by atoms with Crippen LogP contribution in [0.1, 0.15) is 54.2 Å². The number of phenolic OH excluding ortho intramolecular Hbond substituents is 1. The van der Waals surface area contributed by atoms with Crippen LogP contribution in [-0.4, -0.2) is 53.9 Å². The van der Waals surface area contributed by atoms with Crippen LogP contribution in [0.2, 0.25) is 0 Å². The monoisotopic (exact) mass is 456 g/mol. The van der Waals surface area contributed by atoms with Gasteiger partial charge in [0.2, 0.25) is 0 Å². The number of aliphatic hydroxyl groups is 1. The second kappa shape index (κ2) is 10.6. The summed E-state index contributed by atoms with van der Waals surface area (Å²) in [5.41, 5.74) is 4.92. The average Bonchev–Trinajstić information content (AvgIpc) is 3.73. The first-order valence-electron chi connectivity index (χ1n) is 12.8. The van der Waals surface area contributed by atoms with Crippen molar-refractivity contribution in [1.29, 1.82) is 0 Å². The van der Waals surface area contributed by atoms with Crippen molar-refractivity contribution in [3.8, 4) is 5.75 Å². The molecule has 1 unspecified atom stereocenters. The summed E-state index contributed by atoms with van der Waals surface area (Å²) in [5.74, 6) is 0.603. The predicted molar refractivity (Wildman–Crippen MR) is 139 cm³/mol. The molecule has 4 heteroatoms. The van der Waals surface area contributed by atoms with Crippen LogP contribution in [0, 0.1) is 0 Å². The maximum Gasteiger partial charge on any atom is 0.115 e. The second-order valence-electron chi connectivity index (χ2n) is 9.80. The van der Waals surface area contributed by atoms with Crippen LogP contribution in [0.5, 0.6) is 5.75 Å². The molecule has 0 aromatic heterocycles. The number of aromatic hydroxyl groups is 1. The fourth-order valence-corrected chi connectivity index (χ4v) is 5.59. The third-order valence-electron chi connectivity index (χ3n) is 7.53. The third-order valence-corrected chi connectivity index (χ3v) is 7.53. The molecule has 1 saturated carbocycles. The molecule has 0 radical (unpaired) electrons. The Balaban J connectivity index is 1.44. The van der Waals surface area contributed by atoms with Gasteiger partial charge in [-0.15, -0.1) is 0 Å². The largest absolute Gasteiger partial charge is 0.508 e. The zero-order valence-electron chi connectivity index (χ0n) is 19.9. The van der Waals surface area contributed by atoms with Gasteiger partial charge in [0.1, 0.15) is 5.75 Å². The zero-order chi connectivity index (χ0) is 23.3. The van der Waals surface area contributed by atoms with E-state index in [9.17, 15) is 10.2 Å². The summed E-state index contributed by atoms with van der Waals surface area (Å²) in [6.45, 7) is 4.69. The van der Waals surface area contributed by atoms with E-state index in [2.05, 4.69) is 64.4 Å². The SMILES string of the molecule is OCCC[C@@H](c1ccccc1)C(c1ccc(N2CCN(C3CC3)CC2)cc1)c1cccc(O)c1. The van der Waals surface area contributed by atoms with E-state index in [1.54, 1.807) is 6.07 Å². The molecular weight excluding hydrogens is 420 g/mol. The third kappa shape index (κ3) is 5.29. The van der Waals surface area contributed by atoms with E-state index in [0.29, 0.717) is 5.75 Å². The fourth-order valence-electron chi connectivity index (χ4n) is 5.59. The van der Waals surface area contributed by atoms with Crippen LogP contribution < -0.4 is 4.90 Å². The minimum Gasteiger partial charge on any atom is -0.508 e. The quantitative estimate of drug-likeness (QED) is 0.455. The van der Waals surface area contributed by atoms with Crippen LogP contribution in [-0.2, 0) is 0 Å². The minimum absolute atomic E-state index is 0.0989. The lowest BCUT2D eigenvalue weighted by Crippen LogP contribution is -2.47. The van der Waals surface area contributed by atoms with Crippen molar-refractivity contribution >= 4 is 5.69 Å². The molecule has 2 atom stereocenters.